The maximum atomic E-state index is 5.79. The van der Waals surface area contributed by atoms with Crippen molar-refractivity contribution in [2.24, 2.45) is 5.92 Å². The molecular weight excluding hydrogens is 196 g/mol. The maximum absolute atomic E-state index is 5.79. The summed E-state index contributed by atoms with van der Waals surface area (Å²) in [6.07, 6.45) is 7.25. The van der Waals surface area contributed by atoms with Crippen molar-refractivity contribution in [1.29, 1.82) is 0 Å². The number of hydrogen-bond donors (Lipinski definition) is 1. The Kier molecular flexibility index (Phi) is 3.25. The SMILES string of the molecule is Clc1cc(NCC2CCCC2)ccn1. The largest absolute Gasteiger partial charge is 0.385 e. The number of nitrogens with zero attached hydrogens (tertiary/aromatic N) is 1. The summed E-state index contributed by atoms with van der Waals surface area (Å²) in [5.74, 6) is 0.849. The van der Waals surface area contributed by atoms with E-state index in [1.165, 1.54) is 25.7 Å². The van der Waals surface area contributed by atoms with E-state index in [0.717, 1.165) is 18.2 Å². The van der Waals surface area contributed by atoms with Gasteiger partial charge >= 0.3 is 0 Å². The first-order valence-electron chi connectivity index (χ1n) is 5.20. The van der Waals surface area contributed by atoms with Gasteiger partial charge in [-0.1, -0.05) is 24.4 Å². The zero-order chi connectivity index (χ0) is 9.80. The molecule has 76 valence electrons. The molecule has 1 heterocycles. The molecule has 0 spiro atoms. The Morgan fingerprint density at radius 1 is 1.43 bits per heavy atom. The Morgan fingerprint density at radius 3 is 2.93 bits per heavy atom. The highest BCUT2D eigenvalue weighted by atomic mass is 35.5. The summed E-state index contributed by atoms with van der Waals surface area (Å²) in [5, 5.41) is 3.96. The average Bonchev–Trinajstić information content (AvgIpc) is 2.67. The Labute approximate surface area is 89.7 Å². The van der Waals surface area contributed by atoms with Crippen LogP contribution in [0.4, 0.5) is 5.69 Å². The molecule has 1 aliphatic rings. The highest BCUT2D eigenvalue weighted by molar-refractivity contribution is 6.29. The number of halogens is 1. The first kappa shape index (κ1) is 9.78. The zero-order valence-electron chi connectivity index (χ0n) is 8.17. The van der Waals surface area contributed by atoms with Gasteiger partial charge < -0.3 is 5.32 Å². The molecule has 0 atom stereocenters. The molecule has 0 radical (unpaired) electrons. The van der Waals surface area contributed by atoms with Crippen LogP contribution in [-0.4, -0.2) is 11.5 Å². The number of hydrogen-bond acceptors (Lipinski definition) is 2. The summed E-state index contributed by atoms with van der Waals surface area (Å²) in [7, 11) is 0. The molecule has 0 bridgehead atoms. The van der Waals surface area contributed by atoms with Crippen LogP contribution in [0.1, 0.15) is 25.7 Å². The number of aromatic nitrogens is 1. The van der Waals surface area contributed by atoms with Gasteiger partial charge in [0.2, 0.25) is 0 Å². The molecule has 1 N–H and O–H groups in total. The second kappa shape index (κ2) is 4.65. The van der Waals surface area contributed by atoms with Crippen LogP contribution in [0.5, 0.6) is 0 Å². The molecule has 0 amide bonds. The zero-order valence-corrected chi connectivity index (χ0v) is 8.93. The maximum Gasteiger partial charge on any atom is 0.131 e. The lowest BCUT2D eigenvalue weighted by Crippen LogP contribution is -2.10. The predicted molar refractivity (Wildman–Crippen MR) is 59.7 cm³/mol. The molecule has 1 aromatic rings. The van der Waals surface area contributed by atoms with Gasteiger partial charge in [0.1, 0.15) is 5.15 Å². The summed E-state index contributed by atoms with van der Waals surface area (Å²) < 4.78 is 0. The van der Waals surface area contributed by atoms with Gasteiger partial charge in [0.25, 0.3) is 0 Å². The van der Waals surface area contributed by atoms with Crippen molar-refractivity contribution in [3.8, 4) is 0 Å². The van der Waals surface area contributed by atoms with Crippen molar-refractivity contribution in [3.05, 3.63) is 23.5 Å². The molecule has 0 unspecified atom stereocenters. The fraction of sp³-hybridized carbons (Fsp3) is 0.545. The Balaban J connectivity index is 1.85. The van der Waals surface area contributed by atoms with Crippen molar-refractivity contribution < 1.29 is 0 Å². The minimum Gasteiger partial charge on any atom is -0.385 e. The Bertz CT molecular complexity index is 295. The fourth-order valence-electron chi connectivity index (χ4n) is 1.99. The summed E-state index contributed by atoms with van der Waals surface area (Å²) in [4.78, 5) is 3.95. The van der Waals surface area contributed by atoms with Crippen LogP contribution >= 0.6 is 11.6 Å². The lowest BCUT2D eigenvalue weighted by molar-refractivity contribution is 0.580. The Hall–Kier alpha value is -0.760. The minimum atomic E-state index is 0.557. The average molecular weight is 211 g/mol. The van der Waals surface area contributed by atoms with Crippen LogP contribution in [0.3, 0.4) is 0 Å². The molecule has 0 aromatic carbocycles. The summed E-state index contributed by atoms with van der Waals surface area (Å²) in [6.45, 7) is 1.07. The van der Waals surface area contributed by atoms with Crippen molar-refractivity contribution in [2.45, 2.75) is 25.7 Å². The third kappa shape index (κ3) is 2.61. The molecule has 2 nitrogen and oxygen atoms in total. The quantitative estimate of drug-likeness (QED) is 0.775. The molecule has 1 aliphatic carbocycles. The molecule has 1 saturated carbocycles. The number of nitrogens with one attached hydrogen (secondary N) is 1. The fourth-order valence-corrected chi connectivity index (χ4v) is 2.16. The highest BCUT2D eigenvalue weighted by Crippen LogP contribution is 2.25. The topological polar surface area (TPSA) is 24.9 Å². The minimum absolute atomic E-state index is 0.557. The number of pyridine rings is 1. The smallest absolute Gasteiger partial charge is 0.131 e. The van der Waals surface area contributed by atoms with E-state index in [2.05, 4.69) is 10.3 Å². The normalized spacial score (nSPS) is 17.2. The summed E-state index contributed by atoms with van der Waals surface area (Å²) >= 11 is 5.79. The van der Waals surface area contributed by atoms with Crippen molar-refractivity contribution in [2.75, 3.05) is 11.9 Å². The molecule has 3 heteroatoms. The van der Waals surface area contributed by atoms with E-state index in [4.69, 9.17) is 11.6 Å². The molecule has 2 rings (SSSR count). The van der Waals surface area contributed by atoms with Gasteiger partial charge in [0, 0.05) is 18.4 Å². The van der Waals surface area contributed by atoms with Crippen LogP contribution in [-0.2, 0) is 0 Å². The van der Waals surface area contributed by atoms with Crippen molar-refractivity contribution in [3.63, 3.8) is 0 Å². The van der Waals surface area contributed by atoms with E-state index < -0.39 is 0 Å². The van der Waals surface area contributed by atoms with Crippen LogP contribution in [0, 0.1) is 5.92 Å². The third-order valence-corrected chi connectivity index (χ3v) is 3.00. The highest BCUT2D eigenvalue weighted by Gasteiger charge is 2.14. The van der Waals surface area contributed by atoms with Gasteiger partial charge in [-0.05, 0) is 30.9 Å². The van der Waals surface area contributed by atoms with E-state index in [1.54, 1.807) is 6.20 Å². The molecular formula is C11H15ClN2. The van der Waals surface area contributed by atoms with Gasteiger partial charge in [-0.25, -0.2) is 4.98 Å². The van der Waals surface area contributed by atoms with Crippen LogP contribution < -0.4 is 5.32 Å². The van der Waals surface area contributed by atoms with Gasteiger partial charge in [-0.15, -0.1) is 0 Å². The molecule has 0 saturated heterocycles. The first-order chi connectivity index (χ1) is 6.84. The van der Waals surface area contributed by atoms with Crippen LogP contribution in [0.15, 0.2) is 18.3 Å². The van der Waals surface area contributed by atoms with E-state index >= 15 is 0 Å². The summed E-state index contributed by atoms with van der Waals surface area (Å²) in [5.41, 5.74) is 1.08. The van der Waals surface area contributed by atoms with E-state index in [-0.39, 0.29) is 0 Å². The second-order valence-corrected chi connectivity index (χ2v) is 4.29. The number of anilines is 1. The van der Waals surface area contributed by atoms with Gasteiger partial charge in [-0.3, -0.25) is 0 Å². The van der Waals surface area contributed by atoms with Crippen LogP contribution in [0.2, 0.25) is 5.15 Å². The monoisotopic (exact) mass is 210 g/mol. The van der Waals surface area contributed by atoms with Crippen molar-refractivity contribution >= 4 is 17.3 Å². The summed E-state index contributed by atoms with van der Waals surface area (Å²) in [6, 6.07) is 3.83. The molecule has 14 heavy (non-hydrogen) atoms. The Morgan fingerprint density at radius 2 is 2.21 bits per heavy atom. The lowest BCUT2D eigenvalue weighted by atomic mass is 10.1. The lowest BCUT2D eigenvalue weighted by Gasteiger charge is -2.11. The second-order valence-electron chi connectivity index (χ2n) is 3.90. The van der Waals surface area contributed by atoms with E-state index in [1.807, 2.05) is 12.1 Å². The first-order valence-corrected chi connectivity index (χ1v) is 5.58. The van der Waals surface area contributed by atoms with Crippen LogP contribution in [0.25, 0.3) is 0 Å². The van der Waals surface area contributed by atoms with E-state index in [9.17, 15) is 0 Å². The molecule has 1 aromatic heterocycles. The predicted octanol–water partition coefficient (Wildman–Crippen LogP) is 3.34. The number of rotatable bonds is 3. The van der Waals surface area contributed by atoms with Gasteiger partial charge in [-0.2, -0.15) is 0 Å². The van der Waals surface area contributed by atoms with Gasteiger partial charge in [0.15, 0.2) is 0 Å². The van der Waals surface area contributed by atoms with E-state index in [0.29, 0.717) is 5.15 Å². The third-order valence-electron chi connectivity index (χ3n) is 2.80. The molecule has 0 aliphatic heterocycles. The molecule has 1 fully saturated rings. The van der Waals surface area contributed by atoms with Gasteiger partial charge in [0.05, 0.1) is 0 Å². The van der Waals surface area contributed by atoms with Crippen molar-refractivity contribution in [1.82, 2.24) is 4.98 Å². The standard InChI is InChI=1S/C11H15ClN2/c12-11-7-10(5-6-13-11)14-8-9-3-1-2-4-9/h5-7,9H,1-4,8H2,(H,13,14).